The van der Waals surface area contributed by atoms with E-state index in [1.165, 1.54) is 18.4 Å². The van der Waals surface area contributed by atoms with E-state index in [-0.39, 0.29) is 5.56 Å². The highest BCUT2D eigenvalue weighted by Crippen LogP contribution is 2.35. The van der Waals surface area contributed by atoms with Crippen molar-refractivity contribution in [1.29, 1.82) is 0 Å². The standard InChI is InChI=1S/C19H19N3O/c1-13-12-16(23)22-19(20-13)17(14-8-4-2-5-9-14)18(21-22)15-10-6-3-7-11-15/h2,4-5,8-10,12,21H,3,6-7,11H2,1H3. The molecule has 0 bridgehead atoms. The van der Waals surface area contributed by atoms with Gasteiger partial charge in [-0.25, -0.2) is 9.50 Å². The Kier molecular flexibility index (Phi) is 3.37. The van der Waals surface area contributed by atoms with Crippen LogP contribution in [0.1, 0.15) is 37.1 Å². The van der Waals surface area contributed by atoms with Crippen molar-refractivity contribution in [3.63, 3.8) is 0 Å². The van der Waals surface area contributed by atoms with E-state index < -0.39 is 0 Å². The molecule has 0 amide bonds. The zero-order valence-electron chi connectivity index (χ0n) is 13.2. The summed E-state index contributed by atoms with van der Waals surface area (Å²) in [5.41, 5.74) is 5.83. The van der Waals surface area contributed by atoms with Crippen LogP contribution < -0.4 is 5.56 Å². The zero-order chi connectivity index (χ0) is 15.8. The van der Waals surface area contributed by atoms with Crippen molar-refractivity contribution in [2.75, 3.05) is 0 Å². The molecule has 1 aromatic carbocycles. The highest BCUT2D eigenvalue weighted by Gasteiger charge is 2.19. The summed E-state index contributed by atoms with van der Waals surface area (Å²) in [6.45, 7) is 1.86. The molecule has 2 heterocycles. The average Bonchev–Trinajstić information content (AvgIpc) is 2.96. The van der Waals surface area contributed by atoms with E-state index in [9.17, 15) is 4.79 Å². The van der Waals surface area contributed by atoms with Crippen molar-refractivity contribution in [3.8, 4) is 11.1 Å². The van der Waals surface area contributed by atoms with Crippen molar-refractivity contribution < 1.29 is 0 Å². The lowest BCUT2D eigenvalue weighted by molar-refractivity contribution is 0.737. The van der Waals surface area contributed by atoms with Crippen LogP contribution in [0.2, 0.25) is 0 Å². The predicted molar refractivity (Wildman–Crippen MR) is 92.4 cm³/mol. The van der Waals surface area contributed by atoms with Crippen molar-refractivity contribution in [3.05, 3.63) is 64.2 Å². The summed E-state index contributed by atoms with van der Waals surface area (Å²) in [6, 6.07) is 11.8. The molecule has 4 heteroatoms. The minimum atomic E-state index is -0.0626. The third kappa shape index (κ3) is 2.40. The van der Waals surface area contributed by atoms with E-state index in [1.807, 2.05) is 25.1 Å². The lowest BCUT2D eigenvalue weighted by atomic mass is 9.93. The second kappa shape index (κ2) is 5.54. The molecule has 4 rings (SSSR count). The summed E-state index contributed by atoms with van der Waals surface area (Å²) in [4.78, 5) is 17.0. The number of aromatic nitrogens is 3. The van der Waals surface area contributed by atoms with E-state index in [2.05, 4.69) is 28.3 Å². The van der Waals surface area contributed by atoms with Gasteiger partial charge in [-0.15, -0.1) is 0 Å². The maximum absolute atomic E-state index is 12.4. The monoisotopic (exact) mass is 305 g/mol. The summed E-state index contributed by atoms with van der Waals surface area (Å²) in [5, 5.41) is 3.30. The lowest BCUT2D eigenvalue weighted by Crippen LogP contribution is -2.14. The van der Waals surface area contributed by atoms with Crippen LogP contribution in [0.4, 0.5) is 0 Å². The molecule has 1 N–H and O–H groups in total. The molecule has 0 aliphatic heterocycles. The van der Waals surface area contributed by atoms with Crippen LogP contribution in [0, 0.1) is 6.92 Å². The molecule has 4 nitrogen and oxygen atoms in total. The van der Waals surface area contributed by atoms with Gasteiger partial charge in [-0.1, -0.05) is 36.4 Å². The maximum Gasteiger partial charge on any atom is 0.272 e. The van der Waals surface area contributed by atoms with Gasteiger partial charge >= 0.3 is 0 Å². The maximum atomic E-state index is 12.4. The minimum Gasteiger partial charge on any atom is -0.289 e. The first-order valence-corrected chi connectivity index (χ1v) is 8.11. The first kappa shape index (κ1) is 14.0. The Balaban J connectivity index is 2.07. The quantitative estimate of drug-likeness (QED) is 0.779. The van der Waals surface area contributed by atoms with E-state index in [4.69, 9.17) is 0 Å². The third-order valence-corrected chi connectivity index (χ3v) is 4.42. The van der Waals surface area contributed by atoms with Crippen LogP contribution in [0.5, 0.6) is 0 Å². The highest BCUT2D eigenvalue weighted by atomic mass is 16.1. The molecule has 0 saturated heterocycles. The molecule has 0 spiro atoms. The minimum absolute atomic E-state index is 0.0626. The second-order valence-corrected chi connectivity index (χ2v) is 6.10. The number of benzene rings is 1. The number of rotatable bonds is 2. The molecule has 2 aromatic heterocycles. The summed E-state index contributed by atoms with van der Waals surface area (Å²) in [7, 11) is 0. The molecule has 116 valence electrons. The number of aryl methyl sites for hydroxylation is 1. The van der Waals surface area contributed by atoms with Gasteiger partial charge in [-0.3, -0.25) is 9.89 Å². The van der Waals surface area contributed by atoms with Crippen LogP contribution in [0.25, 0.3) is 22.3 Å². The van der Waals surface area contributed by atoms with E-state index >= 15 is 0 Å². The first-order valence-electron chi connectivity index (χ1n) is 8.11. The molecule has 0 fully saturated rings. The predicted octanol–water partition coefficient (Wildman–Crippen LogP) is 3.96. The number of fused-ring (bicyclic) bond motifs is 1. The fourth-order valence-electron chi connectivity index (χ4n) is 3.33. The second-order valence-electron chi connectivity index (χ2n) is 6.10. The van der Waals surface area contributed by atoms with Gasteiger partial charge in [-0.05, 0) is 43.7 Å². The van der Waals surface area contributed by atoms with Gasteiger partial charge in [0, 0.05) is 11.8 Å². The molecule has 0 atom stereocenters. The molecule has 3 aromatic rings. The third-order valence-electron chi connectivity index (χ3n) is 4.42. The Hall–Kier alpha value is -2.62. The van der Waals surface area contributed by atoms with E-state index in [0.29, 0.717) is 5.65 Å². The largest absolute Gasteiger partial charge is 0.289 e. The average molecular weight is 305 g/mol. The summed E-state index contributed by atoms with van der Waals surface area (Å²) >= 11 is 0. The number of hydrogen-bond acceptors (Lipinski definition) is 2. The van der Waals surface area contributed by atoms with Gasteiger partial charge in [0.25, 0.3) is 5.56 Å². The number of hydrogen-bond donors (Lipinski definition) is 1. The molecular formula is C19H19N3O. The van der Waals surface area contributed by atoms with Gasteiger partial charge in [0.1, 0.15) is 0 Å². The number of aromatic amines is 1. The van der Waals surface area contributed by atoms with Crippen molar-refractivity contribution in [2.45, 2.75) is 32.6 Å². The zero-order valence-corrected chi connectivity index (χ0v) is 13.2. The summed E-state index contributed by atoms with van der Waals surface area (Å²) < 4.78 is 1.57. The summed E-state index contributed by atoms with van der Waals surface area (Å²) in [5.74, 6) is 0. The Morgan fingerprint density at radius 3 is 2.74 bits per heavy atom. The van der Waals surface area contributed by atoms with Crippen LogP contribution in [0.3, 0.4) is 0 Å². The fraction of sp³-hybridized carbons (Fsp3) is 0.263. The smallest absolute Gasteiger partial charge is 0.272 e. The van der Waals surface area contributed by atoms with Gasteiger partial charge in [0.05, 0.1) is 11.3 Å². The van der Waals surface area contributed by atoms with Crippen LogP contribution in [0.15, 0.2) is 47.3 Å². The Morgan fingerprint density at radius 2 is 2.00 bits per heavy atom. The fourth-order valence-corrected chi connectivity index (χ4v) is 3.33. The van der Waals surface area contributed by atoms with E-state index in [1.54, 1.807) is 10.6 Å². The number of nitrogens with one attached hydrogen (secondary N) is 1. The molecule has 0 saturated carbocycles. The molecule has 0 radical (unpaired) electrons. The first-order chi connectivity index (χ1) is 11.2. The summed E-state index contributed by atoms with van der Waals surface area (Å²) in [6.07, 6.45) is 6.86. The molecule has 23 heavy (non-hydrogen) atoms. The molecule has 1 aliphatic rings. The topological polar surface area (TPSA) is 50.2 Å². The highest BCUT2D eigenvalue weighted by molar-refractivity contribution is 5.88. The van der Waals surface area contributed by atoms with Gasteiger partial charge in [0.15, 0.2) is 5.65 Å². The Morgan fingerprint density at radius 1 is 1.17 bits per heavy atom. The molecule has 1 aliphatic carbocycles. The van der Waals surface area contributed by atoms with Gasteiger partial charge < -0.3 is 0 Å². The van der Waals surface area contributed by atoms with Gasteiger partial charge in [-0.2, -0.15) is 0 Å². The van der Waals surface area contributed by atoms with Crippen molar-refractivity contribution in [2.24, 2.45) is 0 Å². The van der Waals surface area contributed by atoms with Gasteiger partial charge in [0.2, 0.25) is 0 Å². The Labute approximate surface area is 134 Å². The van der Waals surface area contributed by atoms with Crippen molar-refractivity contribution >= 4 is 11.2 Å². The lowest BCUT2D eigenvalue weighted by Gasteiger charge is -2.13. The van der Waals surface area contributed by atoms with Crippen LogP contribution in [-0.2, 0) is 0 Å². The number of allylic oxidation sites excluding steroid dienone is 2. The van der Waals surface area contributed by atoms with Crippen LogP contribution >= 0.6 is 0 Å². The Bertz CT molecular complexity index is 948. The van der Waals surface area contributed by atoms with Crippen LogP contribution in [-0.4, -0.2) is 14.6 Å². The number of nitrogens with zero attached hydrogens (tertiary/aromatic N) is 2. The molecule has 0 unspecified atom stereocenters. The van der Waals surface area contributed by atoms with Crippen molar-refractivity contribution in [1.82, 2.24) is 14.6 Å². The van der Waals surface area contributed by atoms with E-state index in [0.717, 1.165) is 35.4 Å². The molecular weight excluding hydrogens is 286 g/mol. The normalized spacial score (nSPS) is 14.9. The number of H-pyrrole nitrogens is 1. The SMILES string of the molecule is Cc1cc(=O)n2[nH]c(C3=CCCCC3)c(-c3ccccc3)c2n1.